The molecule has 1 aromatic heterocycles. The van der Waals surface area contributed by atoms with Gasteiger partial charge in [0.25, 0.3) is 5.88 Å². The SMILES string of the molecule is Cc1nc(C)c(N=C=O)o1. The average molecular weight is 138 g/mol. The van der Waals surface area contributed by atoms with Crippen LogP contribution in [-0.2, 0) is 4.79 Å². The number of aliphatic imine (C=N–C) groups is 1. The van der Waals surface area contributed by atoms with E-state index in [1.807, 2.05) is 0 Å². The first-order valence-electron chi connectivity index (χ1n) is 2.76. The smallest absolute Gasteiger partial charge is 0.253 e. The lowest BCUT2D eigenvalue weighted by molar-refractivity contribution is 0.526. The quantitative estimate of drug-likeness (QED) is 0.433. The zero-order chi connectivity index (χ0) is 7.56. The summed E-state index contributed by atoms with van der Waals surface area (Å²) in [7, 11) is 0. The van der Waals surface area contributed by atoms with Crippen LogP contribution in [-0.4, -0.2) is 11.1 Å². The zero-order valence-corrected chi connectivity index (χ0v) is 5.71. The number of aryl methyl sites for hydroxylation is 2. The molecule has 1 rings (SSSR count). The normalized spacial score (nSPS) is 9.00. The third-order valence-corrected chi connectivity index (χ3v) is 1.03. The highest BCUT2D eigenvalue weighted by Crippen LogP contribution is 2.17. The second-order valence-corrected chi connectivity index (χ2v) is 1.83. The lowest BCUT2D eigenvalue weighted by Crippen LogP contribution is -1.69. The fourth-order valence-corrected chi connectivity index (χ4v) is 0.666. The van der Waals surface area contributed by atoms with Crippen LogP contribution >= 0.6 is 0 Å². The van der Waals surface area contributed by atoms with Gasteiger partial charge in [-0.2, -0.15) is 0 Å². The Morgan fingerprint density at radius 3 is 2.70 bits per heavy atom. The molecule has 0 aliphatic rings. The highest BCUT2D eigenvalue weighted by atomic mass is 16.4. The summed E-state index contributed by atoms with van der Waals surface area (Å²) in [6, 6.07) is 0. The number of rotatable bonds is 1. The van der Waals surface area contributed by atoms with Gasteiger partial charge >= 0.3 is 0 Å². The largest absolute Gasteiger partial charge is 0.422 e. The van der Waals surface area contributed by atoms with E-state index in [-0.39, 0.29) is 5.88 Å². The van der Waals surface area contributed by atoms with Crippen LogP contribution in [0.2, 0.25) is 0 Å². The summed E-state index contributed by atoms with van der Waals surface area (Å²) in [5, 5.41) is 0. The fraction of sp³-hybridized carbons (Fsp3) is 0.333. The Bertz CT molecular complexity index is 284. The molecule has 0 atom stereocenters. The molecule has 0 fully saturated rings. The molecular formula is C6H6N2O2. The predicted octanol–water partition coefficient (Wildman–Crippen LogP) is 1.26. The minimum absolute atomic E-state index is 0.243. The second-order valence-electron chi connectivity index (χ2n) is 1.83. The molecule has 0 spiro atoms. The Hall–Kier alpha value is -1.41. The third-order valence-electron chi connectivity index (χ3n) is 1.03. The Balaban J connectivity index is 3.14. The van der Waals surface area contributed by atoms with Gasteiger partial charge in [0.2, 0.25) is 6.08 Å². The molecule has 0 amide bonds. The van der Waals surface area contributed by atoms with Crippen molar-refractivity contribution in [3.8, 4) is 0 Å². The average Bonchev–Trinajstić information content (AvgIpc) is 2.13. The van der Waals surface area contributed by atoms with Crippen LogP contribution in [0.3, 0.4) is 0 Å². The van der Waals surface area contributed by atoms with E-state index in [4.69, 9.17) is 4.42 Å². The highest BCUT2D eigenvalue weighted by Gasteiger charge is 2.02. The van der Waals surface area contributed by atoms with E-state index in [0.29, 0.717) is 11.6 Å². The molecule has 0 unspecified atom stereocenters. The van der Waals surface area contributed by atoms with Gasteiger partial charge in [0.05, 0.1) is 0 Å². The van der Waals surface area contributed by atoms with Gasteiger partial charge in [-0.3, -0.25) is 0 Å². The summed E-state index contributed by atoms with van der Waals surface area (Å²) in [5.74, 6) is 0.749. The number of nitrogens with zero attached hydrogens (tertiary/aromatic N) is 2. The molecule has 0 aromatic carbocycles. The van der Waals surface area contributed by atoms with Crippen LogP contribution in [0.1, 0.15) is 11.6 Å². The lowest BCUT2D eigenvalue weighted by Gasteiger charge is -1.77. The van der Waals surface area contributed by atoms with E-state index in [2.05, 4.69) is 9.98 Å². The molecule has 4 nitrogen and oxygen atoms in total. The van der Waals surface area contributed by atoms with Crippen LogP contribution < -0.4 is 0 Å². The van der Waals surface area contributed by atoms with Crippen LogP contribution in [0.5, 0.6) is 0 Å². The molecule has 0 N–H and O–H groups in total. The number of carbonyl (C=O) groups excluding carboxylic acids is 1. The Morgan fingerprint density at radius 2 is 2.30 bits per heavy atom. The summed E-state index contributed by atoms with van der Waals surface area (Å²) < 4.78 is 4.91. The molecule has 1 aromatic rings. The molecule has 0 saturated carbocycles. The van der Waals surface area contributed by atoms with Crippen molar-refractivity contribution in [3.63, 3.8) is 0 Å². The third kappa shape index (κ3) is 1.11. The number of aromatic nitrogens is 1. The molecule has 52 valence electrons. The Morgan fingerprint density at radius 1 is 1.60 bits per heavy atom. The van der Waals surface area contributed by atoms with Gasteiger partial charge in [0.15, 0.2) is 5.89 Å². The first-order chi connectivity index (χ1) is 4.74. The van der Waals surface area contributed by atoms with Crippen LogP contribution in [0.4, 0.5) is 5.88 Å². The van der Waals surface area contributed by atoms with Crippen molar-refractivity contribution in [3.05, 3.63) is 11.6 Å². The van der Waals surface area contributed by atoms with Crippen molar-refractivity contribution >= 4 is 12.0 Å². The van der Waals surface area contributed by atoms with Gasteiger partial charge in [-0.1, -0.05) is 0 Å². The number of isocyanates is 1. The fourth-order valence-electron chi connectivity index (χ4n) is 0.666. The zero-order valence-electron chi connectivity index (χ0n) is 5.71. The second kappa shape index (κ2) is 2.45. The van der Waals surface area contributed by atoms with Crippen molar-refractivity contribution in [1.82, 2.24) is 4.98 Å². The van der Waals surface area contributed by atoms with Crippen molar-refractivity contribution in [2.24, 2.45) is 4.99 Å². The van der Waals surface area contributed by atoms with E-state index in [0.717, 1.165) is 0 Å². The van der Waals surface area contributed by atoms with E-state index in [1.165, 1.54) is 6.08 Å². The lowest BCUT2D eigenvalue weighted by atomic mass is 10.5. The number of hydrogen-bond donors (Lipinski definition) is 0. The highest BCUT2D eigenvalue weighted by molar-refractivity contribution is 5.44. The monoisotopic (exact) mass is 138 g/mol. The number of hydrogen-bond acceptors (Lipinski definition) is 4. The van der Waals surface area contributed by atoms with Gasteiger partial charge < -0.3 is 4.42 Å². The van der Waals surface area contributed by atoms with Crippen molar-refractivity contribution in [2.45, 2.75) is 13.8 Å². The summed E-state index contributed by atoms with van der Waals surface area (Å²) >= 11 is 0. The molecule has 1 heterocycles. The van der Waals surface area contributed by atoms with Crippen LogP contribution in [0, 0.1) is 13.8 Å². The van der Waals surface area contributed by atoms with Gasteiger partial charge in [-0.25, -0.2) is 9.78 Å². The maximum Gasteiger partial charge on any atom is 0.253 e. The van der Waals surface area contributed by atoms with Crippen LogP contribution in [0.15, 0.2) is 9.41 Å². The molecule has 10 heavy (non-hydrogen) atoms. The van der Waals surface area contributed by atoms with Crippen molar-refractivity contribution in [1.29, 1.82) is 0 Å². The summed E-state index contributed by atoms with van der Waals surface area (Å²) in [4.78, 5) is 16.9. The molecule has 0 radical (unpaired) electrons. The standard InChI is InChI=1S/C6H6N2O2/c1-4-6(7-3-9)10-5(2)8-4/h1-2H3. The Kier molecular flexibility index (Phi) is 1.65. The first-order valence-corrected chi connectivity index (χ1v) is 2.76. The molecule has 0 aliphatic carbocycles. The van der Waals surface area contributed by atoms with E-state index in [9.17, 15) is 4.79 Å². The summed E-state index contributed by atoms with van der Waals surface area (Å²) in [5.41, 5.74) is 0.612. The van der Waals surface area contributed by atoms with E-state index < -0.39 is 0 Å². The predicted molar refractivity (Wildman–Crippen MR) is 33.8 cm³/mol. The minimum Gasteiger partial charge on any atom is -0.422 e. The maximum atomic E-state index is 9.76. The molecule has 0 aliphatic heterocycles. The Labute approximate surface area is 57.6 Å². The molecular weight excluding hydrogens is 132 g/mol. The number of oxazole rings is 1. The van der Waals surface area contributed by atoms with Gasteiger partial charge in [-0.05, 0) is 6.92 Å². The van der Waals surface area contributed by atoms with Crippen molar-refractivity contribution < 1.29 is 9.21 Å². The van der Waals surface area contributed by atoms with Crippen LogP contribution in [0.25, 0.3) is 0 Å². The van der Waals surface area contributed by atoms with E-state index in [1.54, 1.807) is 13.8 Å². The summed E-state index contributed by atoms with van der Waals surface area (Å²) in [6.07, 6.45) is 1.38. The topological polar surface area (TPSA) is 55.5 Å². The maximum absolute atomic E-state index is 9.76. The van der Waals surface area contributed by atoms with Gasteiger partial charge in [0, 0.05) is 6.92 Å². The first kappa shape index (κ1) is 6.71. The van der Waals surface area contributed by atoms with Crippen molar-refractivity contribution in [2.75, 3.05) is 0 Å². The van der Waals surface area contributed by atoms with E-state index >= 15 is 0 Å². The summed E-state index contributed by atoms with van der Waals surface area (Å²) in [6.45, 7) is 3.41. The molecule has 0 saturated heterocycles. The minimum atomic E-state index is 0.243. The molecule has 0 bridgehead atoms. The van der Waals surface area contributed by atoms with Gasteiger partial charge in [-0.15, -0.1) is 4.99 Å². The molecule has 4 heteroatoms. The van der Waals surface area contributed by atoms with Gasteiger partial charge in [0.1, 0.15) is 5.69 Å².